The Hall–Kier alpha value is -2.62. The van der Waals surface area contributed by atoms with Crippen molar-refractivity contribution in [1.82, 2.24) is 0 Å². The van der Waals surface area contributed by atoms with Crippen LogP contribution >= 0.6 is 0 Å². The Bertz CT molecular complexity index is 612. The van der Waals surface area contributed by atoms with Crippen LogP contribution in [0.5, 0.6) is 0 Å². The number of ketones is 1. The number of amides is 1. The number of anilines is 2. The molecule has 4 heteroatoms. The van der Waals surface area contributed by atoms with Crippen LogP contribution in [-0.2, 0) is 9.59 Å². The van der Waals surface area contributed by atoms with Crippen LogP contribution in [0.3, 0.4) is 0 Å². The van der Waals surface area contributed by atoms with Crippen LogP contribution in [0.4, 0.5) is 11.4 Å². The van der Waals surface area contributed by atoms with Crippen molar-refractivity contribution in [3.05, 3.63) is 60.7 Å². The van der Waals surface area contributed by atoms with E-state index in [9.17, 15) is 9.59 Å². The molecule has 128 valence electrons. The van der Waals surface area contributed by atoms with E-state index >= 15 is 0 Å². The normalized spacial score (nSPS) is 10.9. The van der Waals surface area contributed by atoms with Crippen LogP contribution in [-0.4, -0.2) is 11.7 Å². The molecule has 2 aromatic carbocycles. The van der Waals surface area contributed by atoms with Crippen molar-refractivity contribution in [3.8, 4) is 0 Å². The smallest absolute Gasteiger partial charge is 0.234 e. The first-order valence-corrected chi connectivity index (χ1v) is 8.21. The fraction of sp³-hybridized carbons (Fsp3) is 0.300. The van der Waals surface area contributed by atoms with Crippen molar-refractivity contribution in [2.24, 2.45) is 5.92 Å². The van der Waals surface area contributed by atoms with Crippen LogP contribution in [0.1, 0.15) is 33.1 Å². The third-order valence-electron chi connectivity index (χ3n) is 3.49. The monoisotopic (exact) mass is 326 g/mol. The number of carbonyl (C=O) groups excluding carboxylic acids is 2. The molecule has 1 amide bonds. The zero-order valence-electron chi connectivity index (χ0n) is 14.4. The molecule has 0 aliphatic carbocycles. The summed E-state index contributed by atoms with van der Waals surface area (Å²) in [5.74, 6) is -0.779. The summed E-state index contributed by atoms with van der Waals surface area (Å²) in [6.45, 7) is 3.52. The van der Waals surface area contributed by atoms with E-state index in [4.69, 9.17) is 5.73 Å². The molecule has 24 heavy (non-hydrogen) atoms. The average Bonchev–Trinajstić information content (AvgIpc) is 2.57. The van der Waals surface area contributed by atoms with E-state index in [1.54, 1.807) is 0 Å². The van der Waals surface area contributed by atoms with Crippen LogP contribution in [0.15, 0.2) is 60.7 Å². The molecular formula is C20H26N2O2. The number of para-hydroxylation sites is 2. The molecule has 3 N–H and O–H groups in total. The average molecular weight is 326 g/mol. The molecule has 0 aliphatic rings. The van der Waals surface area contributed by atoms with Gasteiger partial charge in [-0.15, -0.1) is 0 Å². The lowest BCUT2D eigenvalue weighted by Gasteiger charge is -2.13. The van der Waals surface area contributed by atoms with Gasteiger partial charge in [-0.25, -0.2) is 0 Å². The van der Waals surface area contributed by atoms with Gasteiger partial charge in [-0.1, -0.05) is 56.2 Å². The maximum absolute atomic E-state index is 11.9. The number of nitrogens with two attached hydrogens (primary N) is 1. The van der Waals surface area contributed by atoms with Gasteiger partial charge in [0.25, 0.3) is 0 Å². The first-order chi connectivity index (χ1) is 11.5. The van der Waals surface area contributed by atoms with E-state index in [1.165, 1.54) is 6.92 Å². The van der Waals surface area contributed by atoms with E-state index < -0.39 is 5.92 Å². The summed E-state index contributed by atoms with van der Waals surface area (Å²) < 4.78 is 0. The van der Waals surface area contributed by atoms with Gasteiger partial charge in [0.15, 0.2) is 0 Å². The van der Waals surface area contributed by atoms with Gasteiger partial charge in [-0.2, -0.15) is 0 Å². The molecule has 0 aromatic heterocycles. The number of hydrogen-bond acceptors (Lipinski definition) is 3. The number of rotatable bonds is 6. The minimum atomic E-state index is -0.518. The van der Waals surface area contributed by atoms with E-state index in [1.807, 2.05) is 67.6 Å². The quantitative estimate of drug-likeness (QED) is 0.614. The van der Waals surface area contributed by atoms with Gasteiger partial charge < -0.3 is 11.1 Å². The first-order valence-electron chi connectivity index (χ1n) is 8.21. The highest BCUT2D eigenvalue weighted by Crippen LogP contribution is 2.14. The van der Waals surface area contributed by atoms with Gasteiger partial charge in [0.1, 0.15) is 5.78 Å². The van der Waals surface area contributed by atoms with Crippen molar-refractivity contribution in [1.29, 1.82) is 0 Å². The highest BCUT2D eigenvalue weighted by atomic mass is 16.2. The number of Topliss-reactive ketones (excluding diaryl/α,β-unsaturated/α-hetero) is 1. The summed E-state index contributed by atoms with van der Waals surface area (Å²) >= 11 is 0. The van der Waals surface area contributed by atoms with Gasteiger partial charge in [-0.3, -0.25) is 9.59 Å². The second-order valence-electron chi connectivity index (χ2n) is 5.57. The molecule has 4 nitrogen and oxygen atoms in total. The topological polar surface area (TPSA) is 72.2 Å². The Balaban J connectivity index is 0.000000341. The van der Waals surface area contributed by atoms with Crippen molar-refractivity contribution in [2.75, 3.05) is 11.1 Å². The van der Waals surface area contributed by atoms with Crippen LogP contribution in [0, 0.1) is 5.92 Å². The molecule has 0 bridgehead atoms. The standard InChI is InChI=1S/C14H19NO2.C6H7N/c1-3-4-10-13(11(2)16)14(17)15-12-8-6-5-7-9-12;7-6-4-2-1-3-5-6/h5-9,13H,3-4,10H2,1-2H3,(H,15,17);1-5H,7H2. The van der Waals surface area contributed by atoms with Gasteiger partial charge in [0.05, 0.1) is 5.92 Å². The molecule has 0 radical (unpaired) electrons. The second kappa shape index (κ2) is 11.0. The Morgan fingerprint density at radius 1 is 1.00 bits per heavy atom. The third-order valence-corrected chi connectivity index (χ3v) is 3.49. The molecule has 0 saturated heterocycles. The zero-order valence-corrected chi connectivity index (χ0v) is 14.4. The van der Waals surface area contributed by atoms with Crippen LogP contribution in [0.25, 0.3) is 0 Å². The number of nitrogens with one attached hydrogen (secondary N) is 1. The number of nitrogen functional groups attached to an aromatic ring is 1. The predicted molar refractivity (Wildman–Crippen MR) is 99.6 cm³/mol. The Kier molecular flexibility index (Phi) is 8.90. The van der Waals surface area contributed by atoms with Crippen LogP contribution < -0.4 is 11.1 Å². The van der Waals surface area contributed by atoms with Crippen molar-refractivity contribution in [3.63, 3.8) is 0 Å². The number of benzene rings is 2. The summed E-state index contributed by atoms with van der Waals surface area (Å²) in [7, 11) is 0. The van der Waals surface area contributed by atoms with Crippen LogP contribution in [0.2, 0.25) is 0 Å². The summed E-state index contributed by atoms with van der Waals surface area (Å²) in [4.78, 5) is 23.3. The SMILES string of the molecule is CCCCC(C(C)=O)C(=O)Nc1ccccc1.Nc1ccccc1. The van der Waals surface area contributed by atoms with Gasteiger partial charge in [0, 0.05) is 11.4 Å². The van der Waals surface area contributed by atoms with Gasteiger partial charge in [0.2, 0.25) is 5.91 Å². The predicted octanol–water partition coefficient (Wildman–Crippen LogP) is 4.29. The largest absolute Gasteiger partial charge is 0.399 e. The highest BCUT2D eigenvalue weighted by Gasteiger charge is 2.22. The lowest BCUT2D eigenvalue weighted by molar-refractivity contribution is -0.130. The van der Waals surface area contributed by atoms with Gasteiger partial charge >= 0.3 is 0 Å². The molecular weight excluding hydrogens is 300 g/mol. The van der Waals surface area contributed by atoms with Gasteiger partial charge in [-0.05, 0) is 37.6 Å². The summed E-state index contributed by atoms with van der Waals surface area (Å²) in [5, 5.41) is 2.77. The maximum Gasteiger partial charge on any atom is 0.234 e. The summed E-state index contributed by atoms with van der Waals surface area (Å²) in [6, 6.07) is 18.7. The molecule has 2 rings (SSSR count). The molecule has 0 spiro atoms. The van der Waals surface area contributed by atoms with E-state index in [0.29, 0.717) is 6.42 Å². The third kappa shape index (κ3) is 7.58. The maximum atomic E-state index is 11.9. The molecule has 0 saturated carbocycles. The highest BCUT2D eigenvalue weighted by molar-refractivity contribution is 6.06. The molecule has 0 aliphatic heterocycles. The Morgan fingerprint density at radius 2 is 1.54 bits per heavy atom. The summed E-state index contributed by atoms with van der Waals surface area (Å²) in [5.41, 5.74) is 6.92. The van der Waals surface area contributed by atoms with E-state index in [2.05, 4.69) is 5.32 Å². The number of carbonyl (C=O) groups is 2. The van der Waals surface area contributed by atoms with Crippen molar-refractivity contribution >= 4 is 23.1 Å². The minimum absolute atomic E-state index is 0.0631. The Morgan fingerprint density at radius 3 is 1.96 bits per heavy atom. The number of unbranched alkanes of at least 4 members (excludes halogenated alkanes) is 1. The molecule has 0 fully saturated rings. The molecule has 1 unspecified atom stereocenters. The lowest BCUT2D eigenvalue weighted by atomic mass is 9.97. The molecule has 0 heterocycles. The fourth-order valence-corrected chi connectivity index (χ4v) is 2.13. The first kappa shape index (κ1) is 19.4. The number of hydrogen-bond donors (Lipinski definition) is 2. The second-order valence-corrected chi connectivity index (χ2v) is 5.57. The lowest BCUT2D eigenvalue weighted by Crippen LogP contribution is -2.28. The van der Waals surface area contributed by atoms with Crippen molar-refractivity contribution in [2.45, 2.75) is 33.1 Å². The molecule has 2 aromatic rings. The van der Waals surface area contributed by atoms with E-state index in [-0.39, 0.29) is 11.7 Å². The van der Waals surface area contributed by atoms with Crippen molar-refractivity contribution < 1.29 is 9.59 Å². The fourth-order valence-electron chi connectivity index (χ4n) is 2.13. The minimum Gasteiger partial charge on any atom is -0.399 e. The zero-order chi connectivity index (χ0) is 17.8. The summed E-state index contributed by atoms with van der Waals surface area (Å²) in [6.07, 6.45) is 2.51. The molecule has 1 atom stereocenters. The van der Waals surface area contributed by atoms with E-state index in [0.717, 1.165) is 24.2 Å². The Labute approximate surface area is 144 Å².